The van der Waals surface area contributed by atoms with Crippen LogP contribution in [-0.4, -0.2) is 62.5 Å². The molecule has 0 saturated heterocycles. The average molecular weight is 642 g/mol. The van der Waals surface area contributed by atoms with Crippen LogP contribution in [0.3, 0.4) is 0 Å². The van der Waals surface area contributed by atoms with E-state index >= 15 is 0 Å². The van der Waals surface area contributed by atoms with Crippen molar-refractivity contribution in [3.63, 3.8) is 0 Å². The minimum Gasteiger partial charge on any atom is -0.482 e. The molecule has 0 fully saturated rings. The molecule has 0 spiro atoms. The minimum absolute atomic E-state index is 0.00271. The molecule has 1 atom stereocenters. The van der Waals surface area contributed by atoms with E-state index in [2.05, 4.69) is 9.71 Å². The number of rotatable bonds is 14. The lowest BCUT2D eigenvalue weighted by molar-refractivity contribution is -0.150. The molecule has 44 heavy (non-hydrogen) atoms. The van der Waals surface area contributed by atoms with Crippen molar-refractivity contribution in [1.29, 1.82) is 0 Å². The van der Waals surface area contributed by atoms with Gasteiger partial charge < -0.3 is 24.1 Å². The number of esters is 2. The molecule has 4 rings (SSSR count). The molecule has 1 amide bonds. The Balaban J connectivity index is 1.77. The summed E-state index contributed by atoms with van der Waals surface area (Å²) >= 11 is 1.36. The third kappa shape index (κ3) is 8.30. The molecular weight excluding hydrogens is 610 g/mol. The molecule has 0 aliphatic rings. The maximum atomic E-state index is 14.3. The van der Waals surface area contributed by atoms with Crippen molar-refractivity contribution in [1.82, 2.24) is 14.6 Å². The van der Waals surface area contributed by atoms with Gasteiger partial charge in [-0.15, -0.1) is 11.3 Å². The molecule has 0 radical (unpaired) electrons. The largest absolute Gasteiger partial charge is 0.482 e. The Labute approximate surface area is 257 Å². The van der Waals surface area contributed by atoms with Crippen molar-refractivity contribution in [2.24, 2.45) is 0 Å². The van der Waals surface area contributed by atoms with Crippen LogP contribution in [0.25, 0.3) is 10.9 Å². The highest BCUT2D eigenvalue weighted by molar-refractivity contribution is 7.89. The first-order valence-electron chi connectivity index (χ1n) is 13.6. The van der Waals surface area contributed by atoms with Crippen molar-refractivity contribution in [3.8, 4) is 5.75 Å². The van der Waals surface area contributed by atoms with Gasteiger partial charge in [0.25, 0.3) is 0 Å². The molecule has 14 heteroatoms. The molecule has 2 N–H and O–H groups in total. The number of thiophene rings is 1. The Morgan fingerprint density at radius 3 is 2.43 bits per heavy atom. The second-order valence-corrected chi connectivity index (χ2v) is 12.1. The predicted molar refractivity (Wildman–Crippen MR) is 163 cm³/mol. The molecule has 2 heterocycles. The van der Waals surface area contributed by atoms with Crippen molar-refractivity contribution in [2.75, 3.05) is 26.4 Å². The number of H-pyrrole nitrogens is 1. The number of benzene rings is 2. The number of ether oxygens (including phenoxy) is 3. The second kappa shape index (κ2) is 14.8. The van der Waals surface area contributed by atoms with E-state index < -0.39 is 47.1 Å². The van der Waals surface area contributed by atoms with Crippen LogP contribution >= 0.6 is 11.3 Å². The number of nitrogens with one attached hydrogen (secondary N) is 2. The van der Waals surface area contributed by atoms with Crippen molar-refractivity contribution < 1.29 is 37.0 Å². The van der Waals surface area contributed by atoms with Gasteiger partial charge in [0.15, 0.2) is 6.61 Å². The van der Waals surface area contributed by atoms with Gasteiger partial charge in [0.1, 0.15) is 18.3 Å². The van der Waals surface area contributed by atoms with E-state index in [0.717, 1.165) is 4.88 Å². The smallest absolute Gasteiger partial charge is 0.344 e. The number of nitrogens with zero attached hydrogens (tertiary/aromatic N) is 1. The monoisotopic (exact) mass is 641 g/mol. The molecule has 4 aromatic rings. The summed E-state index contributed by atoms with van der Waals surface area (Å²) in [6, 6.07) is 15.0. The SMILES string of the molecule is CCOC(=O)COc1ccccc1[C@@H](NS(=O)(=O)c1ccc2[nH]c(=O)ccc2c1)C(=O)N(CC(=O)OCC)Cc1cccs1. The average Bonchev–Trinajstić information content (AvgIpc) is 3.51. The highest BCUT2D eigenvalue weighted by Crippen LogP contribution is 2.30. The predicted octanol–water partition coefficient (Wildman–Crippen LogP) is 3.14. The topological polar surface area (TPSA) is 161 Å². The number of amides is 1. The molecule has 2 aromatic carbocycles. The highest BCUT2D eigenvalue weighted by atomic mass is 32.2. The first kappa shape index (κ1) is 32.4. The molecule has 0 unspecified atom stereocenters. The van der Waals surface area contributed by atoms with Crippen LogP contribution in [0.2, 0.25) is 0 Å². The summed E-state index contributed by atoms with van der Waals surface area (Å²) in [5.74, 6) is -2.02. The van der Waals surface area contributed by atoms with Crippen molar-refractivity contribution in [3.05, 3.63) is 92.9 Å². The third-order valence-electron chi connectivity index (χ3n) is 6.27. The van der Waals surface area contributed by atoms with E-state index in [1.807, 2.05) is 5.38 Å². The lowest BCUT2D eigenvalue weighted by Gasteiger charge is -2.28. The molecule has 0 saturated carbocycles. The van der Waals surface area contributed by atoms with Gasteiger partial charge in [0.05, 0.1) is 24.7 Å². The van der Waals surface area contributed by atoms with Gasteiger partial charge in [-0.25, -0.2) is 13.2 Å². The number of fused-ring (bicyclic) bond motifs is 1. The Morgan fingerprint density at radius 1 is 0.955 bits per heavy atom. The van der Waals surface area contributed by atoms with Crippen LogP contribution in [0.15, 0.2) is 81.8 Å². The summed E-state index contributed by atoms with van der Waals surface area (Å²) in [5.41, 5.74) is 0.192. The summed E-state index contributed by atoms with van der Waals surface area (Å²) in [6.45, 7) is 2.58. The number of carbonyl (C=O) groups excluding carboxylic acids is 3. The normalized spacial score (nSPS) is 12.0. The van der Waals surface area contributed by atoms with E-state index in [1.165, 1.54) is 58.7 Å². The molecule has 232 valence electrons. The van der Waals surface area contributed by atoms with E-state index in [9.17, 15) is 27.6 Å². The number of carbonyl (C=O) groups is 3. The fourth-order valence-electron chi connectivity index (χ4n) is 4.31. The van der Waals surface area contributed by atoms with Crippen LogP contribution in [0.1, 0.15) is 30.3 Å². The second-order valence-electron chi connectivity index (χ2n) is 9.34. The highest BCUT2D eigenvalue weighted by Gasteiger charge is 2.34. The summed E-state index contributed by atoms with van der Waals surface area (Å²) in [5, 5.41) is 2.27. The quantitative estimate of drug-likeness (QED) is 0.197. The van der Waals surface area contributed by atoms with E-state index in [1.54, 1.807) is 38.1 Å². The summed E-state index contributed by atoms with van der Waals surface area (Å²) in [7, 11) is -4.40. The fourth-order valence-corrected chi connectivity index (χ4v) is 6.23. The number of sulfonamides is 1. The molecule has 2 aromatic heterocycles. The number of aromatic nitrogens is 1. The van der Waals surface area contributed by atoms with Crippen LogP contribution < -0.4 is 15.0 Å². The van der Waals surface area contributed by atoms with Crippen molar-refractivity contribution in [2.45, 2.75) is 31.3 Å². The lowest BCUT2D eigenvalue weighted by Crippen LogP contribution is -2.45. The summed E-state index contributed by atoms with van der Waals surface area (Å²) in [6.07, 6.45) is 0. The maximum absolute atomic E-state index is 14.3. The standard InChI is InChI=1S/C30H31N3O9S2/c1-3-40-27(35)18-33(17-21-8-7-15-43-21)30(37)29(23-9-5-6-10-25(23)42-19-28(36)41-4-2)32-44(38,39)22-12-13-24-20(16-22)11-14-26(34)31-24/h5-16,29,32H,3-4,17-19H2,1-2H3,(H,31,34)/t29-/m1/s1. The number of hydrogen-bond donors (Lipinski definition) is 2. The molecule has 0 bridgehead atoms. The van der Waals surface area contributed by atoms with Crippen LogP contribution in [-0.2, 0) is 40.4 Å². The molecule has 12 nitrogen and oxygen atoms in total. The summed E-state index contributed by atoms with van der Waals surface area (Å²) < 4.78 is 45.8. The zero-order valence-corrected chi connectivity index (χ0v) is 25.6. The Kier molecular flexibility index (Phi) is 10.9. The molecule has 0 aliphatic carbocycles. The lowest BCUT2D eigenvalue weighted by atomic mass is 10.0. The minimum atomic E-state index is -4.40. The van der Waals surface area contributed by atoms with E-state index in [4.69, 9.17) is 14.2 Å². The molecule has 0 aliphatic heterocycles. The summed E-state index contributed by atoms with van der Waals surface area (Å²) in [4.78, 5) is 55.0. The number of para-hydroxylation sites is 1. The third-order valence-corrected chi connectivity index (χ3v) is 8.55. The van der Waals surface area contributed by atoms with Gasteiger partial charge in [0.2, 0.25) is 21.5 Å². The van der Waals surface area contributed by atoms with Gasteiger partial charge in [-0.3, -0.25) is 14.4 Å². The van der Waals surface area contributed by atoms with E-state index in [-0.39, 0.29) is 41.5 Å². The van der Waals surface area contributed by atoms with E-state index in [0.29, 0.717) is 10.9 Å². The Hall–Kier alpha value is -4.53. The zero-order valence-electron chi connectivity index (χ0n) is 24.0. The van der Waals surface area contributed by atoms with Crippen molar-refractivity contribution >= 4 is 50.1 Å². The first-order valence-corrected chi connectivity index (χ1v) is 16.0. The van der Waals surface area contributed by atoms with Crippen LogP contribution in [0, 0.1) is 0 Å². The molecular formula is C30H31N3O9S2. The number of aromatic amines is 1. The maximum Gasteiger partial charge on any atom is 0.344 e. The number of hydrogen-bond acceptors (Lipinski definition) is 10. The fraction of sp³-hybridized carbons (Fsp3) is 0.267. The van der Waals surface area contributed by atoms with Gasteiger partial charge in [-0.05, 0) is 61.0 Å². The van der Waals surface area contributed by atoms with Gasteiger partial charge in [0, 0.05) is 22.0 Å². The Bertz CT molecular complexity index is 1790. The van der Waals surface area contributed by atoms with Gasteiger partial charge in [-0.1, -0.05) is 24.3 Å². The van der Waals surface area contributed by atoms with Gasteiger partial charge in [-0.2, -0.15) is 4.72 Å². The Morgan fingerprint density at radius 2 is 1.70 bits per heavy atom. The van der Waals surface area contributed by atoms with Gasteiger partial charge >= 0.3 is 11.9 Å². The first-order chi connectivity index (χ1) is 21.1. The van der Waals surface area contributed by atoms with Crippen LogP contribution in [0.4, 0.5) is 0 Å². The number of pyridine rings is 1. The zero-order chi connectivity index (χ0) is 31.7. The van der Waals surface area contributed by atoms with Crippen LogP contribution in [0.5, 0.6) is 5.75 Å².